The molecule has 0 aromatic heterocycles. The van der Waals surface area contributed by atoms with E-state index in [1.54, 1.807) is 0 Å². The maximum absolute atomic E-state index is 8.87. The zero-order valence-corrected chi connectivity index (χ0v) is 11.7. The van der Waals surface area contributed by atoms with Crippen LogP contribution in [0.3, 0.4) is 0 Å². The van der Waals surface area contributed by atoms with Crippen LogP contribution in [0.5, 0.6) is 0 Å². The van der Waals surface area contributed by atoms with E-state index in [-0.39, 0.29) is 5.92 Å². The highest BCUT2D eigenvalue weighted by Crippen LogP contribution is 2.32. The quantitative estimate of drug-likeness (QED) is 0.829. The number of nitriles is 2. The third kappa shape index (κ3) is 2.87. The van der Waals surface area contributed by atoms with Crippen molar-refractivity contribution in [1.82, 2.24) is 0 Å². The molecule has 0 atom stereocenters. The normalized spacial score (nSPS) is 10.3. The van der Waals surface area contributed by atoms with Crippen LogP contribution in [0.15, 0.2) is 48.5 Å². The highest BCUT2D eigenvalue weighted by molar-refractivity contribution is 5.40. The predicted molar refractivity (Wildman–Crippen MR) is 79.0 cm³/mol. The monoisotopic (exact) mass is 260 g/mol. The van der Waals surface area contributed by atoms with Gasteiger partial charge in [-0.15, -0.1) is 0 Å². The molecule has 0 N–H and O–H groups in total. The third-order valence-corrected chi connectivity index (χ3v) is 3.46. The summed E-state index contributed by atoms with van der Waals surface area (Å²) >= 11 is 0. The molecule has 0 spiro atoms. The van der Waals surface area contributed by atoms with Crippen molar-refractivity contribution in [1.29, 1.82) is 10.5 Å². The van der Waals surface area contributed by atoms with Crippen LogP contribution < -0.4 is 0 Å². The molecule has 0 fully saturated rings. The second-order valence-electron chi connectivity index (χ2n) is 5.19. The molecular formula is C18H16N2. The summed E-state index contributed by atoms with van der Waals surface area (Å²) in [5.74, 6) is 0.714. The first-order valence-electron chi connectivity index (χ1n) is 6.66. The van der Waals surface area contributed by atoms with Gasteiger partial charge in [-0.05, 0) is 41.3 Å². The van der Waals surface area contributed by atoms with E-state index in [1.165, 1.54) is 11.1 Å². The topological polar surface area (TPSA) is 47.6 Å². The van der Waals surface area contributed by atoms with Gasteiger partial charge in [0.05, 0.1) is 23.3 Å². The maximum atomic E-state index is 8.87. The number of nitrogens with zero attached hydrogens (tertiary/aromatic N) is 2. The molecule has 2 heteroatoms. The van der Waals surface area contributed by atoms with Crippen LogP contribution >= 0.6 is 0 Å². The average Bonchev–Trinajstić information content (AvgIpc) is 2.48. The van der Waals surface area contributed by atoms with Crippen molar-refractivity contribution in [3.63, 3.8) is 0 Å². The molecule has 0 aliphatic rings. The first kappa shape index (κ1) is 13.8. The molecule has 0 aliphatic heterocycles. The zero-order valence-electron chi connectivity index (χ0n) is 11.7. The summed E-state index contributed by atoms with van der Waals surface area (Å²) in [5, 5.41) is 17.7. The Labute approximate surface area is 119 Å². The van der Waals surface area contributed by atoms with E-state index < -0.39 is 0 Å². The van der Waals surface area contributed by atoms with E-state index in [0.29, 0.717) is 17.0 Å². The van der Waals surface area contributed by atoms with Crippen molar-refractivity contribution in [2.24, 2.45) is 5.92 Å². The highest BCUT2D eigenvalue weighted by Gasteiger charge is 2.18. The maximum Gasteiger partial charge on any atom is 0.0991 e. The first-order valence-corrected chi connectivity index (χ1v) is 6.66. The Balaban J connectivity index is 2.39. The van der Waals surface area contributed by atoms with E-state index in [2.05, 4.69) is 26.0 Å². The van der Waals surface area contributed by atoms with E-state index in [4.69, 9.17) is 10.5 Å². The minimum absolute atomic E-state index is 0.274. The third-order valence-electron chi connectivity index (χ3n) is 3.46. The van der Waals surface area contributed by atoms with Crippen molar-refractivity contribution in [2.45, 2.75) is 19.8 Å². The number of hydrogen-bond donors (Lipinski definition) is 0. The zero-order chi connectivity index (χ0) is 14.5. The van der Waals surface area contributed by atoms with Gasteiger partial charge < -0.3 is 0 Å². The van der Waals surface area contributed by atoms with Gasteiger partial charge in [0.15, 0.2) is 0 Å². The second kappa shape index (κ2) is 6.04. The molecule has 0 amide bonds. The molecule has 98 valence electrons. The summed E-state index contributed by atoms with van der Waals surface area (Å²) in [6, 6.07) is 19.8. The van der Waals surface area contributed by atoms with Gasteiger partial charge in [0.2, 0.25) is 0 Å². The molecule has 0 saturated carbocycles. The molecule has 2 rings (SSSR count). The predicted octanol–water partition coefficient (Wildman–Crippen LogP) is 4.22. The van der Waals surface area contributed by atoms with Gasteiger partial charge >= 0.3 is 0 Å². The molecule has 2 aromatic carbocycles. The fraction of sp³-hybridized carbons (Fsp3) is 0.222. The van der Waals surface area contributed by atoms with E-state index in [9.17, 15) is 0 Å². The minimum atomic E-state index is 0.274. The van der Waals surface area contributed by atoms with Crippen molar-refractivity contribution in [3.8, 4) is 12.1 Å². The molecule has 0 saturated heterocycles. The fourth-order valence-electron chi connectivity index (χ4n) is 2.49. The summed E-state index contributed by atoms with van der Waals surface area (Å²) in [4.78, 5) is 0. The first-order chi connectivity index (χ1) is 9.65. The molecule has 0 bridgehead atoms. The molecule has 0 heterocycles. The molecule has 0 aliphatic carbocycles. The second-order valence-corrected chi connectivity index (χ2v) is 5.19. The SMILES string of the molecule is CC(C)C(c1ccc(C#N)cc1)c1ccc(C#N)cc1. The molecule has 20 heavy (non-hydrogen) atoms. The standard InChI is InChI=1S/C18H16N2/c1-13(2)18(16-7-3-14(11-19)4-8-16)17-9-5-15(12-20)6-10-17/h3-10,13,18H,1-2H3. The van der Waals surface area contributed by atoms with Crippen molar-refractivity contribution < 1.29 is 0 Å². The van der Waals surface area contributed by atoms with Crippen molar-refractivity contribution in [3.05, 3.63) is 70.8 Å². The van der Waals surface area contributed by atoms with Gasteiger partial charge in [0.25, 0.3) is 0 Å². The van der Waals surface area contributed by atoms with Gasteiger partial charge in [0.1, 0.15) is 0 Å². The van der Waals surface area contributed by atoms with Crippen LogP contribution in [0.1, 0.15) is 42.0 Å². The van der Waals surface area contributed by atoms with Gasteiger partial charge in [-0.1, -0.05) is 38.1 Å². The number of rotatable bonds is 3. The van der Waals surface area contributed by atoms with E-state index in [0.717, 1.165) is 0 Å². The minimum Gasteiger partial charge on any atom is -0.192 e. The van der Waals surface area contributed by atoms with Crippen molar-refractivity contribution in [2.75, 3.05) is 0 Å². The molecular weight excluding hydrogens is 244 g/mol. The van der Waals surface area contributed by atoms with Crippen LogP contribution in [0.2, 0.25) is 0 Å². The van der Waals surface area contributed by atoms with Gasteiger partial charge in [-0.2, -0.15) is 10.5 Å². The summed E-state index contributed by atoms with van der Waals surface area (Å²) in [6.45, 7) is 4.36. The average molecular weight is 260 g/mol. The Morgan fingerprint density at radius 2 is 1.05 bits per heavy atom. The van der Waals surface area contributed by atoms with E-state index in [1.807, 2.05) is 48.5 Å². The lowest BCUT2D eigenvalue weighted by Crippen LogP contribution is -2.08. The lowest BCUT2D eigenvalue weighted by Gasteiger charge is -2.22. The Kier molecular flexibility index (Phi) is 4.18. The summed E-state index contributed by atoms with van der Waals surface area (Å²) in [6.07, 6.45) is 0. The Hall–Kier alpha value is -2.58. The largest absolute Gasteiger partial charge is 0.192 e. The van der Waals surface area contributed by atoms with Crippen LogP contribution in [-0.2, 0) is 0 Å². The molecule has 2 nitrogen and oxygen atoms in total. The molecule has 0 unspecified atom stereocenters. The summed E-state index contributed by atoms with van der Waals surface area (Å²) < 4.78 is 0. The Morgan fingerprint density at radius 1 is 0.700 bits per heavy atom. The Bertz CT molecular complexity index is 595. The highest BCUT2D eigenvalue weighted by atomic mass is 14.3. The smallest absolute Gasteiger partial charge is 0.0991 e. The van der Waals surface area contributed by atoms with Gasteiger partial charge in [-0.3, -0.25) is 0 Å². The summed E-state index contributed by atoms with van der Waals surface area (Å²) in [5.41, 5.74) is 3.75. The molecule has 2 aromatic rings. The van der Waals surface area contributed by atoms with Crippen molar-refractivity contribution >= 4 is 0 Å². The Morgan fingerprint density at radius 3 is 1.30 bits per heavy atom. The number of benzene rings is 2. The van der Waals surface area contributed by atoms with Crippen LogP contribution in [0.4, 0.5) is 0 Å². The van der Waals surface area contributed by atoms with E-state index >= 15 is 0 Å². The fourth-order valence-corrected chi connectivity index (χ4v) is 2.49. The lowest BCUT2D eigenvalue weighted by molar-refractivity contribution is 0.564. The van der Waals surface area contributed by atoms with Crippen LogP contribution in [0, 0.1) is 28.6 Å². The van der Waals surface area contributed by atoms with Gasteiger partial charge in [-0.25, -0.2) is 0 Å². The van der Waals surface area contributed by atoms with Gasteiger partial charge in [0, 0.05) is 5.92 Å². The summed E-state index contributed by atoms with van der Waals surface area (Å²) in [7, 11) is 0. The van der Waals surface area contributed by atoms with Crippen LogP contribution in [0.25, 0.3) is 0 Å². The number of hydrogen-bond acceptors (Lipinski definition) is 2. The van der Waals surface area contributed by atoms with Crippen LogP contribution in [-0.4, -0.2) is 0 Å². The lowest BCUT2D eigenvalue weighted by atomic mass is 9.82. The molecule has 0 radical (unpaired) electrons.